The molecule has 0 saturated carbocycles. The number of nitrogen functional groups attached to an aromatic ring is 1. The molecule has 0 aliphatic carbocycles. The fourth-order valence-corrected chi connectivity index (χ4v) is 3.04. The van der Waals surface area contributed by atoms with Gasteiger partial charge in [-0.3, -0.25) is 4.79 Å². The number of ether oxygens (including phenoxy) is 1. The molecule has 3 aromatic carbocycles. The van der Waals surface area contributed by atoms with Crippen LogP contribution in [0.4, 0.5) is 5.69 Å². The van der Waals surface area contributed by atoms with Crippen molar-refractivity contribution >= 4 is 17.6 Å². The van der Waals surface area contributed by atoms with E-state index in [1.54, 1.807) is 18.2 Å². The van der Waals surface area contributed by atoms with Crippen LogP contribution in [0.25, 0.3) is 11.1 Å². The van der Waals surface area contributed by atoms with Crippen LogP contribution in [0.5, 0.6) is 0 Å². The number of anilines is 1. The molecule has 3 aromatic rings. The SMILES string of the molecule is COC(=O)[C@H](Cc1ccccc1)NC(=O)c1ccc(N)cc1-c1ccccc1. The molecule has 0 heterocycles. The van der Waals surface area contributed by atoms with Crippen molar-refractivity contribution in [2.45, 2.75) is 12.5 Å². The second kappa shape index (κ2) is 8.86. The number of carbonyl (C=O) groups is 2. The van der Waals surface area contributed by atoms with Gasteiger partial charge >= 0.3 is 5.97 Å². The second-order valence-electron chi connectivity index (χ2n) is 6.41. The maximum atomic E-state index is 13.0. The van der Waals surface area contributed by atoms with E-state index in [9.17, 15) is 9.59 Å². The van der Waals surface area contributed by atoms with Crippen molar-refractivity contribution in [3.05, 3.63) is 90.0 Å². The summed E-state index contributed by atoms with van der Waals surface area (Å²) in [5, 5.41) is 2.81. The number of methoxy groups -OCH3 is 1. The van der Waals surface area contributed by atoms with Gasteiger partial charge in [0.25, 0.3) is 5.91 Å². The summed E-state index contributed by atoms with van der Waals surface area (Å²) in [4.78, 5) is 25.2. The van der Waals surface area contributed by atoms with Gasteiger partial charge in [-0.2, -0.15) is 0 Å². The summed E-state index contributed by atoms with van der Waals surface area (Å²) in [5.74, 6) is -0.848. The first-order valence-electron chi connectivity index (χ1n) is 8.96. The summed E-state index contributed by atoms with van der Waals surface area (Å²) in [6.07, 6.45) is 0.342. The van der Waals surface area contributed by atoms with E-state index in [0.29, 0.717) is 23.2 Å². The normalized spacial score (nSPS) is 11.5. The lowest BCUT2D eigenvalue weighted by Gasteiger charge is -2.18. The fourth-order valence-electron chi connectivity index (χ4n) is 3.04. The maximum Gasteiger partial charge on any atom is 0.328 e. The summed E-state index contributed by atoms with van der Waals surface area (Å²) in [6.45, 7) is 0. The van der Waals surface area contributed by atoms with Crippen molar-refractivity contribution in [1.82, 2.24) is 5.32 Å². The Morgan fingerprint density at radius 2 is 1.61 bits per heavy atom. The van der Waals surface area contributed by atoms with Crippen LogP contribution >= 0.6 is 0 Å². The van der Waals surface area contributed by atoms with Gasteiger partial charge in [-0.1, -0.05) is 60.7 Å². The minimum absolute atomic E-state index is 0.342. The van der Waals surface area contributed by atoms with E-state index in [1.165, 1.54) is 7.11 Å². The Morgan fingerprint density at radius 1 is 0.964 bits per heavy atom. The standard InChI is InChI=1S/C23H22N2O3/c1-28-23(27)21(14-16-8-4-2-5-9-16)25-22(26)19-13-12-18(24)15-20(19)17-10-6-3-7-11-17/h2-13,15,21H,14,24H2,1H3,(H,25,26)/t21-/m0/s1. The Kier molecular flexibility index (Phi) is 6.07. The molecule has 142 valence electrons. The Hall–Kier alpha value is -3.60. The number of rotatable bonds is 6. The topological polar surface area (TPSA) is 81.4 Å². The van der Waals surface area contributed by atoms with Crippen molar-refractivity contribution in [3.8, 4) is 11.1 Å². The number of nitrogens with one attached hydrogen (secondary N) is 1. The van der Waals surface area contributed by atoms with E-state index >= 15 is 0 Å². The largest absolute Gasteiger partial charge is 0.467 e. The summed E-state index contributed by atoms with van der Waals surface area (Å²) in [5.41, 5.74) is 9.45. The molecule has 0 spiro atoms. The van der Waals surface area contributed by atoms with Crippen LogP contribution < -0.4 is 11.1 Å². The van der Waals surface area contributed by atoms with Gasteiger partial charge in [0.1, 0.15) is 6.04 Å². The number of esters is 1. The first kappa shape index (κ1) is 19.2. The predicted molar refractivity (Wildman–Crippen MR) is 110 cm³/mol. The Bertz CT molecular complexity index is 956. The maximum absolute atomic E-state index is 13.0. The Morgan fingerprint density at radius 3 is 2.25 bits per heavy atom. The monoisotopic (exact) mass is 374 g/mol. The first-order valence-corrected chi connectivity index (χ1v) is 8.96. The minimum Gasteiger partial charge on any atom is -0.467 e. The molecule has 0 radical (unpaired) electrons. The van der Waals surface area contributed by atoms with E-state index in [4.69, 9.17) is 10.5 Å². The van der Waals surface area contributed by atoms with Gasteiger partial charge in [0.2, 0.25) is 0 Å². The molecule has 0 aliphatic rings. The van der Waals surface area contributed by atoms with Gasteiger partial charge in [-0.05, 0) is 34.9 Å². The number of nitrogens with two attached hydrogens (primary N) is 1. The molecule has 1 amide bonds. The van der Waals surface area contributed by atoms with Crippen LogP contribution in [-0.2, 0) is 16.0 Å². The lowest BCUT2D eigenvalue weighted by atomic mass is 9.97. The lowest BCUT2D eigenvalue weighted by Crippen LogP contribution is -2.43. The zero-order chi connectivity index (χ0) is 19.9. The van der Waals surface area contributed by atoms with Gasteiger partial charge < -0.3 is 15.8 Å². The average molecular weight is 374 g/mol. The van der Waals surface area contributed by atoms with E-state index in [2.05, 4.69) is 5.32 Å². The highest BCUT2D eigenvalue weighted by atomic mass is 16.5. The summed E-state index contributed by atoms with van der Waals surface area (Å²) in [6, 6.07) is 23.3. The van der Waals surface area contributed by atoms with Gasteiger partial charge in [-0.15, -0.1) is 0 Å². The molecule has 3 rings (SSSR count). The van der Waals surface area contributed by atoms with E-state index in [0.717, 1.165) is 11.1 Å². The number of carbonyl (C=O) groups excluding carboxylic acids is 2. The van der Waals surface area contributed by atoms with Crippen molar-refractivity contribution in [3.63, 3.8) is 0 Å². The van der Waals surface area contributed by atoms with Crippen LogP contribution in [0.3, 0.4) is 0 Å². The van der Waals surface area contributed by atoms with Gasteiger partial charge in [0.15, 0.2) is 0 Å². The molecule has 0 aromatic heterocycles. The zero-order valence-electron chi connectivity index (χ0n) is 15.6. The lowest BCUT2D eigenvalue weighted by molar-refractivity contribution is -0.142. The molecule has 28 heavy (non-hydrogen) atoms. The van der Waals surface area contributed by atoms with Crippen molar-refractivity contribution in [2.24, 2.45) is 0 Å². The molecule has 0 fully saturated rings. The highest BCUT2D eigenvalue weighted by Crippen LogP contribution is 2.26. The van der Waals surface area contributed by atoms with Gasteiger partial charge in [-0.25, -0.2) is 4.79 Å². The highest BCUT2D eigenvalue weighted by Gasteiger charge is 2.24. The average Bonchev–Trinajstić information content (AvgIpc) is 2.74. The predicted octanol–water partition coefficient (Wildman–Crippen LogP) is 3.45. The van der Waals surface area contributed by atoms with Crippen LogP contribution in [0.15, 0.2) is 78.9 Å². The van der Waals surface area contributed by atoms with Gasteiger partial charge in [0, 0.05) is 17.7 Å². The molecule has 5 nitrogen and oxygen atoms in total. The smallest absolute Gasteiger partial charge is 0.328 e. The zero-order valence-corrected chi connectivity index (χ0v) is 15.6. The molecule has 0 bridgehead atoms. The molecule has 3 N–H and O–H groups in total. The minimum atomic E-state index is -0.791. The first-order chi connectivity index (χ1) is 13.6. The fraction of sp³-hybridized carbons (Fsp3) is 0.130. The van der Waals surface area contributed by atoms with Crippen LogP contribution in [-0.4, -0.2) is 25.0 Å². The van der Waals surface area contributed by atoms with Crippen LogP contribution in [0, 0.1) is 0 Å². The second-order valence-corrected chi connectivity index (χ2v) is 6.41. The quantitative estimate of drug-likeness (QED) is 0.511. The number of benzene rings is 3. The summed E-state index contributed by atoms with van der Waals surface area (Å²) >= 11 is 0. The molecule has 5 heteroatoms. The van der Waals surface area contributed by atoms with E-state index < -0.39 is 12.0 Å². The third-order valence-corrected chi connectivity index (χ3v) is 4.45. The van der Waals surface area contributed by atoms with Crippen molar-refractivity contribution in [1.29, 1.82) is 0 Å². The highest BCUT2D eigenvalue weighted by molar-refractivity contribution is 6.03. The molecule has 0 unspecified atom stereocenters. The van der Waals surface area contributed by atoms with Crippen molar-refractivity contribution in [2.75, 3.05) is 12.8 Å². The van der Waals surface area contributed by atoms with E-state index in [-0.39, 0.29) is 5.91 Å². The Balaban J connectivity index is 1.89. The van der Waals surface area contributed by atoms with Crippen LogP contribution in [0.2, 0.25) is 0 Å². The van der Waals surface area contributed by atoms with Gasteiger partial charge in [0.05, 0.1) is 7.11 Å². The molecule has 0 aliphatic heterocycles. The number of hydrogen-bond acceptors (Lipinski definition) is 4. The summed E-state index contributed by atoms with van der Waals surface area (Å²) < 4.78 is 4.88. The molecule has 0 saturated heterocycles. The third-order valence-electron chi connectivity index (χ3n) is 4.45. The molecular formula is C23H22N2O3. The molecular weight excluding hydrogens is 352 g/mol. The van der Waals surface area contributed by atoms with Crippen LogP contribution in [0.1, 0.15) is 15.9 Å². The Labute approximate surface area is 164 Å². The van der Waals surface area contributed by atoms with Crippen molar-refractivity contribution < 1.29 is 14.3 Å². The number of hydrogen-bond donors (Lipinski definition) is 2. The summed E-state index contributed by atoms with van der Waals surface area (Å²) in [7, 11) is 1.31. The molecule has 1 atom stereocenters. The third kappa shape index (κ3) is 4.57. The van der Waals surface area contributed by atoms with E-state index in [1.807, 2.05) is 60.7 Å². The number of amides is 1.